The molecular weight excluding hydrogens is 458 g/mol. The SMILES string of the molecule is c1cc(-c2ccc3c4ccccc4c4cccnc4c3c2)cc(-c2cc3ccccc3c3ccccc23)c1. The maximum Gasteiger partial charge on any atom is 0.0786 e. The second kappa shape index (κ2) is 8.26. The predicted octanol–water partition coefficient (Wildman–Crippen LogP) is 10.2. The fraction of sp³-hybridized carbons (Fsp3) is 0. The zero-order chi connectivity index (χ0) is 25.1. The van der Waals surface area contributed by atoms with Gasteiger partial charge in [-0.3, -0.25) is 4.98 Å². The summed E-state index contributed by atoms with van der Waals surface area (Å²) in [7, 11) is 0. The number of hydrogen-bond donors (Lipinski definition) is 0. The maximum absolute atomic E-state index is 4.82. The van der Waals surface area contributed by atoms with Gasteiger partial charge < -0.3 is 0 Å². The number of rotatable bonds is 2. The van der Waals surface area contributed by atoms with Gasteiger partial charge in [0.2, 0.25) is 0 Å². The standard InChI is InChI=1S/C37H23N/c1-2-12-28-27(9-1)23-35(32-16-6-3-13-29(28)32)26-11-7-10-24(21-26)25-18-19-33-30-14-4-5-15-31(30)34-17-8-20-38-37(34)36(33)22-25/h1-23H. The first-order valence-corrected chi connectivity index (χ1v) is 13.1. The Bertz CT molecular complexity index is 2150. The molecule has 0 aliphatic rings. The van der Waals surface area contributed by atoms with Crippen LogP contribution in [0.1, 0.15) is 0 Å². The van der Waals surface area contributed by atoms with Crippen molar-refractivity contribution in [1.29, 1.82) is 0 Å². The minimum Gasteiger partial charge on any atom is -0.256 e. The maximum atomic E-state index is 4.82. The van der Waals surface area contributed by atoms with E-state index in [1.807, 2.05) is 12.3 Å². The molecular formula is C37H23N. The summed E-state index contributed by atoms with van der Waals surface area (Å²) in [6, 6.07) is 48.4. The minimum absolute atomic E-state index is 1.06. The number of benzene rings is 7. The van der Waals surface area contributed by atoms with Gasteiger partial charge in [-0.05, 0) is 84.2 Å². The summed E-state index contributed by atoms with van der Waals surface area (Å²) in [6.07, 6.45) is 1.90. The van der Waals surface area contributed by atoms with Crippen LogP contribution in [0, 0.1) is 0 Å². The van der Waals surface area contributed by atoms with Gasteiger partial charge in [-0.15, -0.1) is 0 Å². The lowest BCUT2D eigenvalue weighted by Crippen LogP contribution is -1.88. The molecule has 1 heterocycles. The molecule has 1 nitrogen and oxygen atoms in total. The third-order valence-electron chi connectivity index (χ3n) is 7.86. The molecule has 0 saturated carbocycles. The van der Waals surface area contributed by atoms with Crippen molar-refractivity contribution in [3.63, 3.8) is 0 Å². The van der Waals surface area contributed by atoms with Crippen molar-refractivity contribution >= 4 is 54.0 Å². The minimum atomic E-state index is 1.06. The van der Waals surface area contributed by atoms with Crippen molar-refractivity contribution in [3.8, 4) is 22.3 Å². The molecule has 0 atom stereocenters. The summed E-state index contributed by atoms with van der Waals surface area (Å²) in [5.74, 6) is 0. The fourth-order valence-electron chi connectivity index (χ4n) is 6.10. The van der Waals surface area contributed by atoms with Crippen LogP contribution in [0.3, 0.4) is 0 Å². The topological polar surface area (TPSA) is 12.9 Å². The molecule has 0 radical (unpaired) electrons. The summed E-state index contributed by atoms with van der Waals surface area (Å²) < 4.78 is 0. The summed E-state index contributed by atoms with van der Waals surface area (Å²) in [5, 5.41) is 11.3. The highest BCUT2D eigenvalue weighted by Crippen LogP contribution is 2.39. The lowest BCUT2D eigenvalue weighted by Gasteiger charge is -2.13. The lowest BCUT2D eigenvalue weighted by atomic mass is 9.91. The van der Waals surface area contributed by atoms with E-state index >= 15 is 0 Å². The molecule has 0 unspecified atom stereocenters. The van der Waals surface area contributed by atoms with E-state index in [2.05, 4.69) is 127 Å². The summed E-state index contributed by atoms with van der Waals surface area (Å²) in [4.78, 5) is 4.82. The molecule has 1 aromatic heterocycles. The molecule has 7 aromatic carbocycles. The predicted molar refractivity (Wildman–Crippen MR) is 163 cm³/mol. The Morgan fingerprint density at radius 1 is 0.342 bits per heavy atom. The van der Waals surface area contributed by atoms with Gasteiger partial charge in [-0.1, -0.05) is 109 Å². The van der Waals surface area contributed by atoms with E-state index in [0.29, 0.717) is 0 Å². The summed E-state index contributed by atoms with van der Waals surface area (Å²) in [6.45, 7) is 0. The third kappa shape index (κ3) is 3.16. The Morgan fingerprint density at radius 2 is 0.947 bits per heavy atom. The average Bonchev–Trinajstić information content (AvgIpc) is 3.00. The highest BCUT2D eigenvalue weighted by Gasteiger charge is 2.12. The summed E-state index contributed by atoms with van der Waals surface area (Å²) in [5.41, 5.74) is 5.95. The van der Waals surface area contributed by atoms with Gasteiger partial charge in [0.05, 0.1) is 5.52 Å². The smallest absolute Gasteiger partial charge is 0.0786 e. The van der Waals surface area contributed by atoms with Gasteiger partial charge in [0.25, 0.3) is 0 Å². The van der Waals surface area contributed by atoms with Crippen LogP contribution in [0.5, 0.6) is 0 Å². The van der Waals surface area contributed by atoms with E-state index in [4.69, 9.17) is 4.98 Å². The average molecular weight is 482 g/mol. The van der Waals surface area contributed by atoms with Crippen LogP contribution in [0.25, 0.3) is 76.2 Å². The molecule has 0 bridgehead atoms. The quantitative estimate of drug-likeness (QED) is 0.224. The van der Waals surface area contributed by atoms with Crippen molar-refractivity contribution < 1.29 is 0 Å². The van der Waals surface area contributed by atoms with E-state index in [0.717, 1.165) is 5.52 Å². The normalized spacial score (nSPS) is 11.7. The van der Waals surface area contributed by atoms with Crippen LogP contribution in [-0.2, 0) is 0 Å². The second-order valence-electron chi connectivity index (χ2n) is 9.98. The van der Waals surface area contributed by atoms with E-state index in [1.165, 1.54) is 70.7 Å². The molecule has 0 aliphatic carbocycles. The highest BCUT2D eigenvalue weighted by molar-refractivity contribution is 6.24. The lowest BCUT2D eigenvalue weighted by molar-refractivity contribution is 1.43. The zero-order valence-electron chi connectivity index (χ0n) is 20.7. The second-order valence-corrected chi connectivity index (χ2v) is 9.98. The van der Waals surface area contributed by atoms with Crippen LogP contribution >= 0.6 is 0 Å². The van der Waals surface area contributed by atoms with E-state index in [-0.39, 0.29) is 0 Å². The number of pyridine rings is 1. The van der Waals surface area contributed by atoms with Crippen molar-refractivity contribution in [3.05, 3.63) is 140 Å². The molecule has 38 heavy (non-hydrogen) atoms. The molecule has 0 amide bonds. The number of hydrogen-bond acceptors (Lipinski definition) is 1. The zero-order valence-corrected chi connectivity index (χ0v) is 20.7. The number of nitrogens with zero attached hydrogens (tertiary/aromatic N) is 1. The largest absolute Gasteiger partial charge is 0.256 e. The first-order chi connectivity index (χ1) is 18.8. The molecule has 0 aliphatic heterocycles. The van der Waals surface area contributed by atoms with Gasteiger partial charge in [-0.25, -0.2) is 0 Å². The van der Waals surface area contributed by atoms with Gasteiger partial charge in [0, 0.05) is 17.0 Å². The van der Waals surface area contributed by atoms with Crippen molar-refractivity contribution in [1.82, 2.24) is 4.98 Å². The van der Waals surface area contributed by atoms with Crippen molar-refractivity contribution in [2.75, 3.05) is 0 Å². The van der Waals surface area contributed by atoms with Gasteiger partial charge in [0.1, 0.15) is 0 Å². The van der Waals surface area contributed by atoms with Crippen LogP contribution in [-0.4, -0.2) is 4.98 Å². The number of fused-ring (bicyclic) bond motifs is 9. The van der Waals surface area contributed by atoms with Crippen molar-refractivity contribution in [2.24, 2.45) is 0 Å². The van der Waals surface area contributed by atoms with Crippen LogP contribution in [0.15, 0.2) is 140 Å². The fourth-order valence-corrected chi connectivity index (χ4v) is 6.10. The molecule has 8 aromatic rings. The van der Waals surface area contributed by atoms with E-state index < -0.39 is 0 Å². The molecule has 0 spiro atoms. The Balaban J connectivity index is 1.36. The Kier molecular flexibility index (Phi) is 4.59. The molecule has 1 heteroatoms. The molecule has 0 fully saturated rings. The number of aromatic nitrogens is 1. The monoisotopic (exact) mass is 481 g/mol. The first-order valence-electron chi connectivity index (χ1n) is 13.1. The molecule has 0 N–H and O–H groups in total. The van der Waals surface area contributed by atoms with E-state index in [1.54, 1.807) is 0 Å². The molecule has 8 rings (SSSR count). The van der Waals surface area contributed by atoms with Gasteiger partial charge >= 0.3 is 0 Å². The van der Waals surface area contributed by atoms with Crippen LogP contribution < -0.4 is 0 Å². The van der Waals surface area contributed by atoms with Crippen LogP contribution in [0.4, 0.5) is 0 Å². The Labute approximate surface area is 220 Å². The van der Waals surface area contributed by atoms with Crippen LogP contribution in [0.2, 0.25) is 0 Å². The first kappa shape index (κ1) is 21.1. The van der Waals surface area contributed by atoms with Gasteiger partial charge in [-0.2, -0.15) is 0 Å². The summed E-state index contributed by atoms with van der Waals surface area (Å²) >= 11 is 0. The van der Waals surface area contributed by atoms with Gasteiger partial charge in [0.15, 0.2) is 0 Å². The molecule has 176 valence electrons. The molecule has 0 saturated heterocycles. The third-order valence-corrected chi connectivity index (χ3v) is 7.86. The Hall–Kier alpha value is -5.01. The van der Waals surface area contributed by atoms with Crippen molar-refractivity contribution in [2.45, 2.75) is 0 Å². The van der Waals surface area contributed by atoms with E-state index in [9.17, 15) is 0 Å². The highest BCUT2D eigenvalue weighted by atomic mass is 14.6. The Morgan fingerprint density at radius 3 is 1.79 bits per heavy atom.